The minimum absolute atomic E-state index is 0.241. The van der Waals surface area contributed by atoms with Gasteiger partial charge in [0.05, 0.1) is 12.0 Å². The van der Waals surface area contributed by atoms with E-state index in [9.17, 15) is 14.4 Å². The number of imidazole rings is 1. The van der Waals surface area contributed by atoms with Gasteiger partial charge in [-0.2, -0.15) is 0 Å². The number of amides is 4. The second-order valence-electron chi connectivity index (χ2n) is 9.21. The highest BCUT2D eigenvalue weighted by Crippen LogP contribution is 2.33. The molecule has 1 aromatic carbocycles. The van der Waals surface area contributed by atoms with Crippen LogP contribution in [-0.2, 0) is 23.1 Å². The summed E-state index contributed by atoms with van der Waals surface area (Å²) in [5, 5.41) is 3.50. The maximum absolute atomic E-state index is 13.7. The normalized spacial score (nSPS) is 17.8. The molecule has 1 aliphatic heterocycles. The van der Waals surface area contributed by atoms with Crippen molar-refractivity contribution in [3.8, 4) is 0 Å². The third kappa shape index (κ3) is 5.15. The second-order valence-corrected chi connectivity index (χ2v) is 9.61. The van der Waals surface area contributed by atoms with Crippen molar-refractivity contribution in [2.24, 2.45) is 13.0 Å². The van der Waals surface area contributed by atoms with Gasteiger partial charge in [-0.3, -0.25) is 19.4 Å². The van der Waals surface area contributed by atoms with Crippen LogP contribution in [0.3, 0.4) is 0 Å². The first kappa shape index (κ1) is 26.2. The van der Waals surface area contributed by atoms with Crippen molar-refractivity contribution in [2.45, 2.75) is 38.8 Å². The summed E-state index contributed by atoms with van der Waals surface area (Å²) in [6.07, 6.45) is 5.65. The van der Waals surface area contributed by atoms with Crippen molar-refractivity contribution >= 4 is 41.2 Å². The first-order chi connectivity index (χ1) is 17.6. The number of carbonyl (C=O) groups is 3. The number of benzene rings is 1. The van der Waals surface area contributed by atoms with Crippen LogP contribution in [-0.4, -0.2) is 50.4 Å². The number of imide groups is 1. The number of nitrogens with one attached hydrogen (secondary N) is 1. The number of nitrogens with zero attached hydrogens (tertiary/aromatic N) is 5. The number of anilines is 2. The number of aryl methyl sites for hydroxylation is 2. The van der Waals surface area contributed by atoms with Crippen LogP contribution in [0.15, 0.2) is 48.9 Å². The second kappa shape index (κ2) is 10.6. The smallest absolute Gasteiger partial charge is 0.325 e. The van der Waals surface area contributed by atoms with E-state index in [1.807, 2.05) is 26.0 Å². The Bertz CT molecular complexity index is 1340. The summed E-state index contributed by atoms with van der Waals surface area (Å²) in [7, 11) is 3.34. The molecule has 194 valence electrons. The first-order valence-corrected chi connectivity index (χ1v) is 12.3. The van der Waals surface area contributed by atoms with Gasteiger partial charge in [-0.25, -0.2) is 14.8 Å². The molecule has 1 aliphatic rings. The molecule has 1 saturated heterocycles. The Morgan fingerprint density at radius 3 is 2.59 bits per heavy atom. The van der Waals surface area contributed by atoms with Crippen molar-refractivity contribution in [1.82, 2.24) is 24.8 Å². The molecule has 3 atom stereocenters. The maximum Gasteiger partial charge on any atom is 0.325 e. The van der Waals surface area contributed by atoms with E-state index in [4.69, 9.17) is 17.3 Å². The van der Waals surface area contributed by atoms with Crippen LogP contribution in [0.2, 0.25) is 5.02 Å². The lowest BCUT2D eigenvalue weighted by Crippen LogP contribution is -2.70. The monoisotopic (exact) mass is 523 g/mol. The van der Waals surface area contributed by atoms with Crippen LogP contribution < -0.4 is 16.0 Å². The molecule has 1 fully saturated rings. The van der Waals surface area contributed by atoms with Crippen molar-refractivity contribution < 1.29 is 14.4 Å². The lowest BCUT2D eigenvalue weighted by Gasteiger charge is -2.45. The molecule has 10 nitrogen and oxygen atoms in total. The predicted octanol–water partition coefficient (Wildman–Crippen LogP) is 3.25. The Balaban J connectivity index is 1.61. The van der Waals surface area contributed by atoms with Crippen molar-refractivity contribution in [1.29, 1.82) is 0 Å². The van der Waals surface area contributed by atoms with Gasteiger partial charge in [-0.15, -0.1) is 0 Å². The number of carbonyl (C=O) groups excluding carboxylic acids is 3. The van der Waals surface area contributed by atoms with Gasteiger partial charge in [0.25, 0.3) is 5.91 Å². The predicted molar refractivity (Wildman–Crippen MR) is 141 cm³/mol. The van der Waals surface area contributed by atoms with Gasteiger partial charge >= 0.3 is 6.03 Å². The van der Waals surface area contributed by atoms with Crippen LogP contribution in [0, 0.1) is 12.8 Å². The molecule has 11 heteroatoms. The van der Waals surface area contributed by atoms with Gasteiger partial charge < -0.3 is 15.6 Å². The third-order valence-electron chi connectivity index (χ3n) is 6.72. The number of pyridine rings is 1. The molecule has 0 saturated carbocycles. The number of urea groups is 1. The molecule has 3 N–H and O–H groups in total. The number of nitrogens with two attached hydrogens (primary N) is 1. The summed E-state index contributed by atoms with van der Waals surface area (Å²) in [5.74, 6) is -0.873. The summed E-state index contributed by atoms with van der Waals surface area (Å²) in [6.45, 7) is 3.82. The number of aromatic nitrogens is 3. The zero-order valence-electron chi connectivity index (χ0n) is 21.2. The van der Waals surface area contributed by atoms with Gasteiger partial charge in [-0.1, -0.05) is 30.7 Å². The number of nitrogen functional groups attached to an aromatic ring is 1. The molecule has 0 radical (unpaired) electrons. The number of rotatable bonds is 7. The SMILES string of the molecule is CC[C@@H](NC(=O)N1C(=O)[C@H](Cc2ccnc(N)c2)[C@H]1C(=O)N(C)c1nccn1C)c1ccc(C)c(Cl)c1. The van der Waals surface area contributed by atoms with Crippen LogP contribution in [0.4, 0.5) is 16.6 Å². The number of likely N-dealkylation sites (N-methyl/N-ethyl adjacent to an activating group) is 1. The minimum atomic E-state index is -1.01. The minimum Gasteiger partial charge on any atom is -0.384 e. The average molecular weight is 524 g/mol. The van der Waals surface area contributed by atoms with Crippen LogP contribution >= 0.6 is 11.6 Å². The van der Waals surface area contributed by atoms with Crippen molar-refractivity contribution in [3.63, 3.8) is 0 Å². The van der Waals surface area contributed by atoms with Gasteiger partial charge in [0.1, 0.15) is 11.9 Å². The molecule has 37 heavy (non-hydrogen) atoms. The zero-order chi connectivity index (χ0) is 26.9. The average Bonchev–Trinajstić information content (AvgIpc) is 3.30. The standard InChI is InChI=1S/C26H30ClN7O3/c1-5-20(17-7-6-15(2)19(27)14-17)31-26(37)34-22(24(36)33(4)25-30-10-11-32(25)3)18(23(34)35)12-16-8-9-29-21(28)13-16/h6-11,13-14,18,20,22H,5,12H2,1-4H3,(H2,28,29)(H,31,37)/t18-,20-,22+/m1/s1. The Kier molecular flexibility index (Phi) is 7.49. The highest BCUT2D eigenvalue weighted by atomic mass is 35.5. The van der Waals surface area contributed by atoms with Crippen LogP contribution in [0.25, 0.3) is 0 Å². The molecular formula is C26H30ClN7O3. The van der Waals surface area contributed by atoms with E-state index in [1.165, 1.54) is 4.90 Å². The lowest BCUT2D eigenvalue weighted by atomic mass is 9.81. The molecule has 0 unspecified atom stereocenters. The number of hydrogen-bond acceptors (Lipinski definition) is 6. The van der Waals surface area contributed by atoms with E-state index in [2.05, 4.69) is 15.3 Å². The summed E-state index contributed by atoms with van der Waals surface area (Å²) >= 11 is 6.30. The van der Waals surface area contributed by atoms with Gasteiger partial charge in [0, 0.05) is 37.7 Å². The quantitative estimate of drug-likeness (QED) is 0.458. The Morgan fingerprint density at radius 2 is 1.97 bits per heavy atom. The van der Waals surface area contributed by atoms with Crippen LogP contribution in [0.5, 0.6) is 0 Å². The number of hydrogen-bond donors (Lipinski definition) is 2. The highest BCUT2D eigenvalue weighted by molar-refractivity contribution is 6.31. The van der Waals surface area contributed by atoms with Crippen molar-refractivity contribution in [3.05, 3.63) is 70.6 Å². The van der Waals surface area contributed by atoms with E-state index in [-0.39, 0.29) is 12.5 Å². The molecule has 4 rings (SSSR count). The summed E-state index contributed by atoms with van der Waals surface area (Å²) < 4.78 is 1.69. The topological polar surface area (TPSA) is 126 Å². The van der Waals surface area contributed by atoms with Crippen molar-refractivity contribution in [2.75, 3.05) is 17.7 Å². The fourth-order valence-electron chi connectivity index (χ4n) is 4.58. The summed E-state index contributed by atoms with van der Waals surface area (Å²) in [6, 6.07) is 6.94. The summed E-state index contributed by atoms with van der Waals surface area (Å²) in [4.78, 5) is 50.9. The van der Waals surface area contributed by atoms with E-state index < -0.39 is 29.8 Å². The first-order valence-electron chi connectivity index (χ1n) is 12.0. The molecule has 3 aromatic rings. The molecular weight excluding hydrogens is 494 g/mol. The van der Waals surface area contributed by atoms with E-state index >= 15 is 0 Å². The molecule has 4 amide bonds. The fraction of sp³-hybridized carbons (Fsp3) is 0.346. The Labute approximate surface area is 220 Å². The van der Waals surface area contributed by atoms with Gasteiger partial charge in [-0.05, 0) is 54.7 Å². The largest absolute Gasteiger partial charge is 0.384 e. The highest BCUT2D eigenvalue weighted by Gasteiger charge is 2.55. The van der Waals surface area contributed by atoms with Crippen LogP contribution in [0.1, 0.15) is 36.1 Å². The van der Waals surface area contributed by atoms with E-state index in [0.29, 0.717) is 23.2 Å². The lowest BCUT2D eigenvalue weighted by molar-refractivity contribution is -0.156. The Morgan fingerprint density at radius 1 is 1.22 bits per heavy atom. The molecule has 2 aromatic heterocycles. The third-order valence-corrected chi connectivity index (χ3v) is 7.12. The molecule has 0 aliphatic carbocycles. The number of halogens is 1. The molecule has 3 heterocycles. The van der Waals surface area contributed by atoms with Gasteiger partial charge in [0.2, 0.25) is 11.9 Å². The Hall–Kier alpha value is -3.92. The summed E-state index contributed by atoms with van der Waals surface area (Å²) in [5.41, 5.74) is 8.30. The fourth-order valence-corrected chi connectivity index (χ4v) is 4.76. The number of likely N-dealkylation sites (tertiary alicyclic amines) is 1. The van der Waals surface area contributed by atoms with Gasteiger partial charge in [0.15, 0.2) is 0 Å². The number of β-lactam (4-membered cyclic amide) rings is 1. The van der Waals surface area contributed by atoms with E-state index in [1.54, 1.807) is 55.5 Å². The zero-order valence-corrected chi connectivity index (χ0v) is 21.9. The van der Waals surface area contributed by atoms with E-state index in [0.717, 1.165) is 21.6 Å². The molecule has 0 bridgehead atoms. The maximum atomic E-state index is 13.7. The molecule has 0 spiro atoms.